The average molecular weight is 258 g/mol. The minimum absolute atomic E-state index is 0.859. The van der Waals surface area contributed by atoms with Crippen molar-refractivity contribution in [1.82, 2.24) is 19.8 Å². The average Bonchev–Trinajstić information content (AvgIpc) is 2.78. The molecule has 0 saturated heterocycles. The Kier molecular flexibility index (Phi) is 4.71. The second-order valence-electron chi connectivity index (χ2n) is 4.93. The summed E-state index contributed by atoms with van der Waals surface area (Å²) in [6, 6.07) is 8.57. The summed E-state index contributed by atoms with van der Waals surface area (Å²) in [5.74, 6) is 1.09. The van der Waals surface area contributed by atoms with E-state index < -0.39 is 0 Å². The number of nitrogens with zero attached hydrogens (tertiary/aromatic N) is 3. The zero-order valence-electron chi connectivity index (χ0n) is 11.9. The molecule has 0 unspecified atom stereocenters. The molecule has 1 heterocycles. The van der Waals surface area contributed by atoms with Crippen molar-refractivity contribution in [2.75, 3.05) is 14.1 Å². The van der Waals surface area contributed by atoms with E-state index in [-0.39, 0.29) is 0 Å². The van der Waals surface area contributed by atoms with Gasteiger partial charge in [0.05, 0.1) is 6.54 Å². The number of rotatable bonds is 6. The summed E-state index contributed by atoms with van der Waals surface area (Å²) in [5, 5.41) is 3.22. The minimum atomic E-state index is 0.859. The number of hydrogen-bond donors (Lipinski definition) is 1. The molecule has 0 bridgehead atoms. The van der Waals surface area contributed by atoms with E-state index in [1.54, 1.807) is 0 Å². The Hall–Kier alpha value is -1.65. The Balaban J connectivity index is 2.02. The summed E-state index contributed by atoms with van der Waals surface area (Å²) in [5.41, 5.74) is 2.73. The van der Waals surface area contributed by atoms with Crippen LogP contribution in [-0.2, 0) is 26.7 Å². The van der Waals surface area contributed by atoms with Crippen LogP contribution in [0.5, 0.6) is 0 Å². The molecule has 0 fully saturated rings. The van der Waals surface area contributed by atoms with E-state index in [1.165, 1.54) is 11.1 Å². The van der Waals surface area contributed by atoms with Crippen LogP contribution in [0.2, 0.25) is 0 Å². The van der Waals surface area contributed by atoms with E-state index >= 15 is 0 Å². The Bertz CT molecular complexity index is 518. The van der Waals surface area contributed by atoms with Crippen LogP contribution >= 0.6 is 0 Å². The minimum Gasteiger partial charge on any atom is -0.337 e. The van der Waals surface area contributed by atoms with Crippen molar-refractivity contribution < 1.29 is 0 Å². The van der Waals surface area contributed by atoms with E-state index in [2.05, 4.69) is 51.1 Å². The number of aryl methyl sites for hydroxylation is 1. The van der Waals surface area contributed by atoms with Crippen LogP contribution in [0.1, 0.15) is 17.0 Å². The summed E-state index contributed by atoms with van der Waals surface area (Å²) in [4.78, 5) is 6.65. The first kappa shape index (κ1) is 13.8. The molecule has 0 spiro atoms. The number of aromatic nitrogens is 2. The van der Waals surface area contributed by atoms with Gasteiger partial charge in [0.1, 0.15) is 5.82 Å². The van der Waals surface area contributed by atoms with Crippen molar-refractivity contribution in [2.24, 2.45) is 7.05 Å². The Morgan fingerprint density at radius 3 is 2.58 bits per heavy atom. The van der Waals surface area contributed by atoms with Gasteiger partial charge in [0.25, 0.3) is 0 Å². The topological polar surface area (TPSA) is 33.1 Å². The molecule has 0 amide bonds. The molecule has 0 aliphatic rings. The predicted octanol–water partition coefficient (Wildman–Crippen LogP) is 1.77. The quantitative estimate of drug-likeness (QED) is 0.857. The number of benzene rings is 1. The molecule has 0 aliphatic carbocycles. The molecule has 1 aromatic carbocycles. The van der Waals surface area contributed by atoms with Crippen LogP contribution in [0.15, 0.2) is 36.7 Å². The van der Waals surface area contributed by atoms with Gasteiger partial charge in [0, 0.05) is 32.5 Å². The maximum Gasteiger partial charge on any atom is 0.122 e. The molecule has 19 heavy (non-hydrogen) atoms. The smallest absolute Gasteiger partial charge is 0.122 e. The fourth-order valence-electron chi connectivity index (χ4n) is 2.21. The van der Waals surface area contributed by atoms with Crippen LogP contribution in [-0.4, -0.2) is 28.5 Å². The molecule has 1 aromatic heterocycles. The summed E-state index contributed by atoms with van der Waals surface area (Å²) in [6.45, 7) is 2.70. The number of nitrogens with one attached hydrogen (secondary N) is 1. The largest absolute Gasteiger partial charge is 0.337 e. The van der Waals surface area contributed by atoms with Gasteiger partial charge in [-0.25, -0.2) is 4.98 Å². The zero-order chi connectivity index (χ0) is 13.7. The fraction of sp³-hybridized carbons (Fsp3) is 0.400. The van der Waals surface area contributed by atoms with E-state index in [9.17, 15) is 0 Å². The van der Waals surface area contributed by atoms with Crippen molar-refractivity contribution in [3.63, 3.8) is 0 Å². The molecule has 0 aliphatic heterocycles. The molecule has 4 heteroatoms. The van der Waals surface area contributed by atoms with Crippen molar-refractivity contribution in [3.05, 3.63) is 53.6 Å². The van der Waals surface area contributed by atoms with Gasteiger partial charge < -0.3 is 9.88 Å². The zero-order valence-corrected chi connectivity index (χ0v) is 11.9. The maximum atomic E-state index is 4.37. The van der Waals surface area contributed by atoms with Crippen LogP contribution in [0.4, 0.5) is 0 Å². The Morgan fingerprint density at radius 2 is 1.95 bits per heavy atom. The first-order valence-electron chi connectivity index (χ1n) is 6.57. The van der Waals surface area contributed by atoms with Gasteiger partial charge in [-0.05, 0) is 25.2 Å². The summed E-state index contributed by atoms with van der Waals surface area (Å²) in [6.07, 6.45) is 3.83. The normalized spacial score (nSPS) is 11.2. The lowest BCUT2D eigenvalue weighted by atomic mass is 10.1. The predicted molar refractivity (Wildman–Crippen MR) is 77.6 cm³/mol. The van der Waals surface area contributed by atoms with Crippen molar-refractivity contribution in [2.45, 2.75) is 19.6 Å². The highest BCUT2D eigenvalue weighted by atomic mass is 15.1. The van der Waals surface area contributed by atoms with Crippen LogP contribution in [0.3, 0.4) is 0 Å². The van der Waals surface area contributed by atoms with Crippen molar-refractivity contribution >= 4 is 0 Å². The van der Waals surface area contributed by atoms with Gasteiger partial charge in [-0.1, -0.05) is 24.3 Å². The van der Waals surface area contributed by atoms with E-state index in [4.69, 9.17) is 0 Å². The molecule has 0 saturated carbocycles. The third kappa shape index (κ3) is 3.66. The Morgan fingerprint density at radius 1 is 1.21 bits per heavy atom. The van der Waals surface area contributed by atoms with Gasteiger partial charge in [0.2, 0.25) is 0 Å². The Labute approximate surface area is 115 Å². The lowest BCUT2D eigenvalue weighted by Crippen LogP contribution is -2.21. The van der Waals surface area contributed by atoms with E-state index in [0.717, 1.165) is 25.5 Å². The first-order chi connectivity index (χ1) is 9.20. The van der Waals surface area contributed by atoms with Gasteiger partial charge in [-0.3, -0.25) is 4.90 Å². The molecule has 1 N–H and O–H groups in total. The lowest BCUT2D eigenvalue weighted by Gasteiger charge is -2.18. The molecule has 2 rings (SSSR count). The highest BCUT2D eigenvalue weighted by Gasteiger charge is 2.07. The maximum absolute atomic E-state index is 4.37. The summed E-state index contributed by atoms with van der Waals surface area (Å²) >= 11 is 0. The standard InChI is InChI=1S/C15H22N4/c1-16-10-13-6-4-5-7-14(13)11-18(2)12-15-17-8-9-19(15)3/h4-9,16H,10-12H2,1-3H3. The summed E-state index contributed by atoms with van der Waals surface area (Å²) in [7, 11) is 6.14. The second-order valence-corrected chi connectivity index (χ2v) is 4.93. The molecular formula is C15H22N4. The summed E-state index contributed by atoms with van der Waals surface area (Å²) < 4.78 is 2.07. The van der Waals surface area contributed by atoms with Crippen molar-refractivity contribution in [3.8, 4) is 0 Å². The number of imidazole rings is 1. The highest BCUT2D eigenvalue weighted by Crippen LogP contribution is 2.12. The van der Waals surface area contributed by atoms with Gasteiger partial charge in [-0.15, -0.1) is 0 Å². The first-order valence-corrected chi connectivity index (χ1v) is 6.57. The van der Waals surface area contributed by atoms with Crippen LogP contribution in [0, 0.1) is 0 Å². The second kappa shape index (κ2) is 6.50. The van der Waals surface area contributed by atoms with E-state index in [0.29, 0.717) is 0 Å². The monoisotopic (exact) mass is 258 g/mol. The van der Waals surface area contributed by atoms with Crippen molar-refractivity contribution in [1.29, 1.82) is 0 Å². The molecule has 102 valence electrons. The lowest BCUT2D eigenvalue weighted by molar-refractivity contribution is 0.306. The van der Waals surface area contributed by atoms with Crippen LogP contribution < -0.4 is 5.32 Å². The third-order valence-electron chi connectivity index (χ3n) is 3.26. The highest BCUT2D eigenvalue weighted by molar-refractivity contribution is 5.26. The SMILES string of the molecule is CNCc1ccccc1CN(C)Cc1nccn1C. The molecule has 4 nitrogen and oxygen atoms in total. The van der Waals surface area contributed by atoms with E-state index in [1.807, 2.05) is 26.5 Å². The molecule has 2 aromatic rings. The van der Waals surface area contributed by atoms with Crippen LogP contribution in [0.25, 0.3) is 0 Å². The molecule has 0 atom stereocenters. The number of hydrogen-bond acceptors (Lipinski definition) is 3. The molecule has 0 radical (unpaired) electrons. The third-order valence-corrected chi connectivity index (χ3v) is 3.26. The van der Waals surface area contributed by atoms with Gasteiger partial charge >= 0.3 is 0 Å². The van der Waals surface area contributed by atoms with Gasteiger partial charge in [-0.2, -0.15) is 0 Å². The fourth-order valence-corrected chi connectivity index (χ4v) is 2.21. The molecular weight excluding hydrogens is 236 g/mol. The van der Waals surface area contributed by atoms with Gasteiger partial charge in [0.15, 0.2) is 0 Å².